The molecular formula is C16H24BN3O8. The van der Waals surface area contributed by atoms with E-state index in [1.807, 2.05) is 0 Å². The Kier molecular flexibility index (Phi) is 7.60. The number of ether oxygens (including phenoxy) is 1. The lowest BCUT2D eigenvalue weighted by Gasteiger charge is -2.39. The van der Waals surface area contributed by atoms with Crippen molar-refractivity contribution >= 4 is 19.0 Å². The molecule has 1 saturated heterocycles. The molecule has 1 amide bonds. The Balaban J connectivity index is 1.97. The van der Waals surface area contributed by atoms with Crippen molar-refractivity contribution in [3.05, 3.63) is 23.3 Å². The molecule has 8 N–H and O–H groups in total. The van der Waals surface area contributed by atoms with Gasteiger partial charge >= 0.3 is 13.1 Å². The molecule has 1 atom stereocenters. The fourth-order valence-corrected chi connectivity index (χ4v) is 2.70. The smallest absolute Gasteiger partial charge is 0.451 e. The molecule has 1 aromatic carbocycles. The molecule has 1 aromatic rings. The highest BCUT2D eigenvalue weighted by molar-refractivity contribution is 6.41. The molecule has 0 spiro atoms. The zero-order valence-electron chi connectivity index (χ0n) is 15.1. The number of benzene rings is 1. The van der Waals surface area contributed by atoms with Crippen LogP contribution < -0.4 is 15.8 Å². The summed E-state index contributed by atoms with van der Waals surface area (Å²) < 4.78 is 5.61. The van der Waals surface area contributed by atoms with Gasteiger partial charge in [0.1, 0.15) is 29.4 Å². The number of aliphatic hydroxyl groups is 1. The standard InChI is InChI=1S/C16H24BN3O8/c18-5-12(21)19-6-13(22)20-7-10(8-20)28-11-2-1-9(3-4-17(26)27)15(23)14(11)16(24)25/h1-2,10,12,19,21,23,26-27H,3-8,18H2,(H,24,25). The van der Waals surface area contributed by atoms with Crippen LogP contribution in [-0.4, -0.2) is 87.8 Å². The highest BCUT2D eigenvalue weighted by Crippen LogP contribution is 2.33. The van der Waals surface area contributed by atoms with E-state index < -0.39 is 36.7 Å². The lowest BCUT2D eigenvalue weighted by molar-refractivity contribution is -0.139. The number of likely N-dealkylation sites (tertiary alicyclic amines) is 1. The number of aliphatic hydroxyl groups excluding tert-OH is 1. The highest BCUT2D eigenvalue weighted by atomic mass is 16.5. The molecule has 0 aliphatic carbocycles. The van der Waals surface area contributed by atoms with Crippen LogP contribution in [0, 0.1) is 0 Å². The number of carboxylic acid groups (broad SMARTS) is 1. The number of carboxylic acids is 1. The molecule has 1 heterocycles. The number of nitrogens with one attached hydrogen (secondary N) is 1. The Morgan fingerprint density at radius 2 is 2.04 bits per heavy atom. The van der Waals surface area contributed by atoms with Gasteiger partial charge in [0.25, 0.3) is 0 Å². The SMILES string of the molecule is NCC(O)NCC(=O)N1CC(Oc2ccc(CCB(O)O)c(O)c2C(=O)O)C1. The number of hydrogen-bond acceptors (Lipinski definition) is 9. The third-order valence-corrected chi connectivity index (χ3v) is 4.32. The summed E-state index contributed by atoms with van der Waals surface area (Å²) in [6, 6.07) is 2.85. The first-order valence-corrected chi connectivity index (χ1v) is 8.73. The Labute approximate surface area is 161 Å². The van der Waals surface area contributed by atoms with Crippen LogP contribution in [-0.2, 0) is 11.2 Å². The van der Waals surface area contributed by atoms with Gasteiger partial charge in [0.05, 0.1) is 19.6 Å². The maximum absolute atomic E-state index is 11.9. The third-order valence-electron chi connectivity index (χ3n) is 4.32. The quantitative estimate of drug-likeness (QED) is 0.165. The maximum atomic E-state index is 11.9. The molecule has 2 rings (SSSR count). The summed E-state index contributed by atoms with van der Waals surface area (Å²) in [7, 11) is -1.57. The summed E-state index contributed by atoms with van der Waals surface area (Å²) in [5, 5.41) is 49.3. The van der Waals surface area contributed by atoms with Crippen LogP contribution in [0.2, 0.25) is 6.32 Å². The second kappa shape index (κ2) is 9.71. The summed E-state index contributed by atoms with van der Waals surface area (Å²) in [5.41, 5.74) is 5.08. The molecule has 154 valence electrons. The van der Waals surface area contributed by atoms with Crippen molar-refractivity contribution in [3.63, 3.8) is 0 Å². The van der Waals surface area contributed by atoms with Crippen molar-refractivity contribution in [2.75, 3.05) is 26.2 Å². The van der Waals surface area contributed by atoms with Crippen molar-refractivity contribution in [1.82, 2.24) is 10.2 Å². The lowest BCUT2D eigenvalue weighted by atomic mass is 9.82. The lowest BCUT2D eigenvalue weighted by Crippen LogP contribution is -2.58. The summed E-state index contributed by atoms with van der Waals surface area (Å²) in [4.78, 5) is 24.9. The van der Waals surface area contributed by atoms with E-state index in [2.05, 4.69) is 5.32 Å². The molecule has 0 radical (unpaired) electrons. The van der Waals surface area contributed by atoms with Gasteiger partial charge in [-0.2, -0.15) is 0 Å². The minimum atomic E-state index is -1.57. The van der Waals surface area contributed by atoms with Crippen LogP contribution in [0.1, 0.15) is 15.9 Å². The Morgan fingerprint density at radius 1 is 1.36 bits per heavy atom. The van der Waals surface area contributed by atoms with Crippen molar-refractivity contribution < 1.29 is 39.7 Å². The van der Waals surface area contributed by atoms with Gasteiger partial charge in [-0.15, -0.1) is 0 Å². The molecule has 1 aliphatic heterocycles. The van der Waals surface area contributed by atoms with Gasteiger partial charge in [0, 0.05) is 6.54 Å². The second-order valence-corrected chi connectivity index (χ2v) is 6.44. The van der Waals surface area contributed by atoms with Crippen molar-refractivity contribution in [2.24, 2.45) is 5.73 Å². The first kappa shape index (κ1) is 21.9. The summed E-state index contributed by atoms with van der Waals surface area (Å²) in [6.07, 6.45) is -1.38. The Bertz CT molecular complexity index is 711. The minimum absolute atomic E-state index is 0.0201. The van der Waals surface area contributed by atoms with Crippen LogP contribution in [0.25, 0.3) is 0 Å². The molecule has 12 heteroatoms. The monoisotopic (exact) mass is 397 g/mol. The van der Waals surface area contributed by atoms with E-state index in [4.69, 9.17) is 20.5 Å². The predicted molar refractivity (Wildman–Crippen MR) is 97.8 cm³/mol. The fraction of sp³-hybridized carbons (Fsp3) is 0.500. The number of aromatic hydroxyl groups is 1. The highest BCUT2D eigenvalue weighted by Gasteiger charge is 2.33. The minimum Gasteiger partial charge on any atom is -0.507 e. The topological polar surface area (TPSA) is 186 Å². The predicted octanol–water partition coefficient (Wildman–Crippen LogP) is -2.44. The maximum Gasteiger partial charge on any atom is 0.451 e. The van der Waals surface area contributed by atoms with E-state index in [0.29, 0.717) is 0 Å². The van der Waals surface area contributed by atoms with E-state index >= 15 is 0 Å². The molecular weight excluding hydrogens is 373 g/mol. The van der Waals surface area contributed by atoms with Crippen molar-refractivity contribution in [1.29, 1.82) is 0 Å². The number of phenols is 1. The number of rotatable bonds is 10. The van der Waals surface area contributed by atoms with Crippen LogP contribution in [0.4, 0.5) is 0 Å². The number of hydrogen-bond donors (Lipinski definition) is 7. The Hall–Kier alpha value is -2.38. The normalized spacial score (nSPS) is 15.1. The molecule has 0 aromatic heterocycles. The Morgan fingerprint density at radius 3 is 2.61 bits per heavy atom. The number of aryl methyl sites for hydroxylation is 1. The zero-order valence-corrected chi connectivity index (χ0v) is 15.1. The number of carbonyl (C=O) groups excluding carboxylic acids is 1. The van der Waals surface area contributed by atoms with Gasteiger partial charge in [-0.25, -0.2) is 4.79 Å². The molecule has 0 saturated carbocycles. The molecule has 1 unspecified atom stereocenters. The van der Waals surface area contributed by atoms with Crippen LogP contribution in [0.3, 0.4) is 0 Å². The third kappa shape index (κ3) is 5.56. The molecule has 0 bridgehead atoms. The van der Waals surface area contributed by atoms with Crippen molar-refractivity contribution in [2.45, 2.75) is 25.1 Å². The van der Waals surface area contributed by atoms with Gasteiger partial charge in [-0.3, -0.25) is 10.1 Å². The largest absolute Gasteiger partial charge is 0.507 e. The van der Waals surface area contributed by atoms with E-state index in [1.54, 1.807) is 0 Å². The van der Waals surface area contributed by atoms with Crippen LogP contribution >= 0.6 is 0 Å². The first-order valence-electron chi connectivity index (χ1n) is 8.73. The zero-order chi connectivity index (χ0) is 20.8. The fourth-order valence-electron chi connectivity index (χ4n) is 2.70. The van der Waals surface area contributed by atoms with Gasteiger partial charge < -0.3 is 40.7 Å². The number of amides is 1. The number of nitrogens with two attached hydrogens (primary N) is 1. The average Bonchev–Trinajstić information content (AvgIpc) is 2.60. The molecule has 11 nitrogen and oxygen atoms in total. The van der Waals surface area contributed by atoms with E-state index in [9.17, 15) is 24.9 Å². The molecule has 1 fully saturated rings. The number of nitrogens with zero attached hydrogens (tertiary/aromatic N) is 1. The van der Waals surface area contributed by atoms with Gasteiger partial charge in [0.15, 0.2) is 0 Å². The van der Waals surface area contributed by atoms with Crippen LogP contribution in [0.5, 0.6) is 11.5 Å². The van der Waals surface area contributed by atoms with E-state index in [-0.39, 0.29) is 56.1 Å². The number of carbonyl (C=O) groups is 2. The summed E-state index contributed by atoms with van der Waals surface area (Å²) >= 11 is 0. The average molecular weight is 397 g/mol. The van der Waals surface area contributed by atoms with Gasteiger partial charge in [-0.05, 0) is 24.4 Å². The molecule has 28 heavy (non-hydrogen) atoms. The van der Waals surface area contributed by atoms with Gasteiger partial charge in [-0.1, -0.05) is 6.07 Å². The summed E-state index contributed by atoms with van der Waals surface area (Å²) in [5.74, 6) is -2.16. The number of aromatic carboxylic acids is 1. The van der Waals surface area contributed by atoms with Gasteiger partial charge in [0.2, 0.25) is 5.91 Å². The molecule has 1 aliphatic rings. The van der Waals surface area contributed by atoms with E-state index in [0.717, 1.165) is 0 Å². The van der Waals surface area contributed by atoms with E-state index in [1.165, 1.54) is 17.0 Å². The van der Waals surface area contributed by atoms with Crippen LogP contribution in [0.15, 0.2) is 12.1 Å². The first-order chi connectivity index (χ1) is 13.2. The van der Waals surface area contributed by atoms with Crippen molar-refractivity contribution in [3.8, 4) is 11.5 Å². The summed E-state index contributed by atoms with van der Waals surface area (Å²) in [6.45, 7) is 0.362. The second-order valence-electron chi connectivity index (χ2n) is 6.44.